The summed E-state index contributed by atoms with van der Waals surface area (Å²) in [4.78, 5) is 33.9. The number of benzene rings is 2. The number of nitrogens with zero attached hydrogens (tertiary/aromatic N) is 1. The van der Waals surface area contributed by atoms with Gasteiger partial charge in [0.25, 0.3) is 5.69 Å². The largest absolute Gasteiger partial charge is 0.289 e. The molecule has 0 saturated heterocycles. The van der Waals surface area contributed by atoms with E-state index in [0.717, 1.165) is 0 Å². The number of allylic oxidation sites excluding steroid dienone is 2. The molecule has 0 spiro atoms. The predicted octanol–water partition coefficient (Wildman–Crippen LogP) is 2.68. The highest BCUT2D eigenvalue weighted by molar-refractivity contribution is 6.23. The van der Waals surface area contributed by atoms with Crippen LogP contribution in [0.1, 0.15) is 20.7 Å². The number of carbonyl (C=O) groups excluding carboxylic acids is 2. The summed E-state index contributed by atoms with van der Waals surface area (Å²) in [6, 6.07) is 7.56. The fraction of sp³-hybridized carbons (Fsp3) is 0. The Kier molecular flexibility index (Phi) is 2.28. The van der Waals surface area contributed by atoms with Crippen LogP contribution >= 0.6 is 0 Å². The Hall–Kier alpha value is -2.82. The van der Waals surface area contributed by atoms with Crippen LogP contribution in [0, 0.1) is 10.1 Å². The maximum absolute atomic E-state index is 11.7. The highest BCUT2D eigenvalue weighted by atomic mass is 16.6. The quantitative estimate of drug-likeness (QED) is 0.578. The van der Waals surface area contributed by atoms with Gasteiger partial charge < -0.3 is 0 Å². The van der Waals surface area contributed by atoms with E-state index in [-0.39, 0.29) is 22.8 Å². The van der Waals surface area contributed by atoms with E-state index in [2.05, 4.69) is 0 Å². The van der Waals surface area contributed by atoms with E-state index in [1.165, 1.54) is 30.4 Å². The number of nitro benzene ring substituents is 1. The van der Waals surface area contributed by atoms with Gasteiger partial charge >= 0.3 is 0 Å². The van der Waals surface area contributed by atoms with Gasteiger partial charge in [0.15, 0.2) is 11.6 Å². The number of ketones is 2. The van der Waals surface area contributed by atoms with Crippen molar-refractivity contribution in [2.45, 2.75) is 0 Å². The third-order valence-corrected chi connectivity index (χ3v) is 3.11. The zero-order valence-corrected chi connectivity index (χ0v) is 9.62. The van der Waals surface area contributed by atoms with Crippen molar-refractivity contribution >= 4 is 28.0 Å². The van der Waals surface area contributed by atoms with Gasteiger partial charge in [0, 0.05) is 17.2 Å². The number of hydrogen-bond donors (Lipinski definition) is 0. The van der Waals surface area contributed by atoms with E-state index in [9.17, 15) is 19.7 Å². The van der Waals surface area contributed by atoms with Crippen LogP contribution in [0.15, 0.2) is 42.5 Å². The third-order valence-electron chi connectivity index (χ3n) is 3.11. The number of nitro groups is 1. The van der Waals surface area contributed by atoms with Gasteiger partial charge in [0.05, 0.1) is 10.3 Å². The van der Waals surface area contributed by atoms with E-state index in [1.807, 2.05) is 0 Å². The van der Waals surface area contributed by atoms with Gasteiger partial charge in [-0.3, -0.25) is 19.7 Å². The summed E-state index contributed by atoms with van der Waals surface area (Å²) in [5.41, 5.74) is 0.435. The van der Waals surface area contributed by atoms with Crippen molar-refractivity contribution in [2.75, 3.05) is 0 Å². The van der Waals surface area contributed by atoms with Crippen molar-refractivity contribution in [3.8, 4) is 0 Å². The minimum Gasteiger partial charge on any atom is -0.289 e. The van der Waals surface area contributed by atoms with Crippen LogP contribution in [0.2, 0.25) is 0 Å². The van der Waals surface area contributed by atoms with E-state index in [1.54, 1.807) is 12.1 Å². The minimum absolute atomic E-state index is 0.0740. The van der Waals surface area contributed by atoms with Crippen molar-refractivity contribution in [1.82, 2.24) is 0 Å². The first-order valence-corrected chi connectivity index (χ1v) is 5.56. The SMILES string of the molecule is O=C1C=CC(=O)c2cc3c([N+](=O)[O-])cccc3cc21. The van der Waals surface area contributed by atoms with E-state index in [0.29, 0.717) is 16.3 Å². The zero-order chi connectivity index (χ0) is 13.6. The molecule has 0 aromatic heterocycles. The first kappa shape index (κ1) is 11.3. The maximum atomic E-state index is 11.7. The molecule has 19 heavy (non-hydrogen) atoms. The molecule has 0 saturated carbocycles. The third kappa shape index (κ3) is 1.63. The lowest BCUT2D eigenvalue weighted by atomic mass is 9.91. The maximum Gasteiger partial charge on any atom is 0.277 e. The lowest BCUT2D eigenvalue weighted by Gasteiger charge is -2.10. The summed E-state index contributed by atoms with van der Waals surface area (Å²) in [7, 11) is 0. The Labute approximate surface area is 107 Å². The molecule has 0 amide bonds. The lowest BCUT2D eigenvalue weighted by molar-refractivity contribution is -0.383. The molecular weight excluding hydrogens is 246 g/mol. The first-order chi connectivity index (χ1) is 9.08. The molecule has 0 atom stereocenters. The van der Waals surface area contributed by atoms with Gasteiger partial charge in [0.2, 0.25) is 0 Å². The van der Waals surface area contributed by atoms with E-state index in [4.69, 9.17) is 0 Å². The summed E-state index contributed by atoms with van der Waals surface area (Å²) in [5.74, 6) is -0.572. The van der Waals surface area contributed by atoms with Gasteiger partial charge in [-0.15, -0.1) is 0 Å². The molecule has 1 aliphatic carbocycles. The van der Waals surface area contributed by atoms with Crippen LogP contribution in [-0.2, 0) is 0 Å². The fourth-order valence-corrected chi connectivity index (χ4v) is 2.21. The Morgan fingerprint density at radius 3 is 2.21 bits per heavy atom. The van der Waals surface area contributed by atoms with Gasteiger partial charge in [0.1, 0.15) is 0 Å². The van der Waals surface area contributed by atoms with Gasteiger partial charge in [-0.05, 0) is 29.7 Å². The first-order valence-electron chi connectivity index (χ1n) is 5.56. The van der Waals surface area contributed by atoms with Crippen LogP contribution in [0.4, 0.5) is 5.69 Å². The Morgan fingerprint density at radius 1 is 0.947 bits per heavy atom. The smallest absolute Gasteiger partial charge is 0.277 e. The highest BCUT2D eigenvalue weighted by Crippen LogP contribution is 2.30. The minimum atomic E-state index is -0.500. The fourth-order valence-electron chi connectivity index (χ4n) is 2.21. The molecular formula is C14H7NO4. The van der Waals surface area contributed by atoms with Gasteiger partial charge in [-0.1, -0.05) is 12.1 Å². The van der Waals surface area contributed by atoms with Gasteiger partial charge in [-0.25, -0.2) is 0 Å². The van der Waals surface area contributed by atoms with Crippen LogP contribution < -0.4 is 0 Å². The Bertz CT molecular complexity index is 789. The second-order valence-electron chi connectivity index (χ2n) is 4.22. The standard InChI is InChI=1S/C14H7NO4/c16-13-4-5-14(17)11-7-9-8(6-10(11)13)2-1-3-12(9)15(18)19/h1-7H. The van der Waals surface area contributed by atoms with E-state index < -0.39 is 4.92 Å². The van der Waals surface area contributed by atoms with Crippen LogP contribution in [-0.4, -0.2) is 16.5 Å². The molecule has 3 rings (SSSR count). The molecule has 0 bridgehead atoms. The molecule has 5 nitrogen and oxygen atoms in total. The number of carbonyl (C=O) groups is 2. The van der Waals surface area contributed by atoms with Crippen molar-refractivity contribution < 1.29 is 14.5 Å². The summed E-state index contributed by atoms with van der Waals surface area (Å²) in [6.45, 7) is 0. The normalized spacial score (nSPS) is 13.7. The number of non-ortho nitro benzene ring substituents is 1. The molecule has 92 valence electrons. The van der Waals surface area contributed by atoms with Crippen molar-refractivity contribution in [1.29, 1.82) is 0 Å². The Morgan fingerprint density at radius 2 is 1.58 bits per heavy atom. The monoisotopic (exact) mass is 253 g/mol. The van der Waals surface area contributed by atoms with Crippen molar-refractivity contribution in [3.63, 3.8) is 0 Å². The lowest BCUT2D eigenvalue weighted by Crippen LogP contribution is -2.11. The second-order valence-corrected chi connectivity index (χ2v) is 4.22. The van der Waals surface area contributed by atoms with Crippen LogP contribution in [0.3, 0.4) is 0 Å². The highest BCUT2D eigenvalue weighted by Gasteiger charge is 2.22. The van der Waals surface area contributed by atoms with Crippen LogP contribution in [0.5, 0.6) is 0 Å². The van der Waals surface area contributed by atoms with E-state index >= 15 is 0 Å². The second kappa shape index (κ2) is 3.84. The topological polar surface area (TPSA) is 77.3 Å². The molecule has 1 aliphatic rings. The molecule has 2 aromatic carbocycles. The summed E-state index contributed by atoms with van der Waals surface area (Å²) >= 11 is 0. The molecule has 0 heterocycles. The summed E-state index contributed by atoms with van der Waals surface area (Å²) < 4.78 is 0. The number of rotatable bonds is 1. The molecule has 2 aromatic rings. The Balaban J connectivity index is 2.40. The number of hydrogen-bond acceptors (Lipinski definition) is 4. The molecule has 5 heteroatoms. The molecule has 0 unspecified atom stereocenters. The average molecular weight is 253 g/mol. The zero-order valence-electron chi connectivity index (χ0n) is 9.62. The molecule has 0 radical (unpaired) electrons. The van der Waals surface area contributed by atoms with Crippen molar-refractivity contribution in [3.05, 3.63) is 63.7 Å². The molecule has 0 fully saturated rings. The van der Waals surface area contributed by atoms with Crippen molar-refractivity contribution in [2.24, 2.45) is 0 Å². The average Bonchev–Trinajstić information content (AvgIpc) is 2.40. The predicted molar refractivity (Wildman–Crippen MR) is 68.4 cm³/mol. The van der Waals surface area contributed by atoms with Crippen LogP contribution in [0.25, 0.3) is 10.8 Å². The molecule has 0 aliphatic heterocycles. The number of fused-ring (bicyclic) bond motifs is 2. The van der Waals surface area contributed by atoms with Gasteiger partial charge in [-0.2, -0.15) is 0 Å². The molecule has 0 N–H and O–H groups in total. The summed E-state index contributed by atoms with van der Waals surface area (Å²) in [5, 5.41) is 11.9. The summed E-state index contributed by atoms with van der Waals surface area (Å²) in [6.07, 6.45) is 2.40.